The molecule has 0 N–H and O–H groups in total. The van der Waals surface area contributed by atoms with E-state index in [1.54, 1.807) is 6.92 Å². The Bertz CT molecular complexity index is 770. The van der Waals surface area contributed by atoms with Gasteiger partial charge in [-0.15, -0.1) is 10.2 Å². The van der Waals surface area contributed by atoms with Crippen molar-refractivity contribution in [1.29, 1.82) is 0 Å². The van der Waals surface area contributed by atoms with Crippen LogP contribution in [-0.4, -0.2) is 22.1 Å². The summed E-state index contributed by atoms with van der Waals surface area (Å²) >= 11 is 0. The van der Waals surface area contributed by atoms with Crippen molar-refractivity contribution in [2.45, 2.75) is 58.4 Å². The summed E-state index contributed by atoms with van der Waals surface area (Å²) in [6, 6.07) is 8.69. The summed E-state index contributed by atoms with van der Waals surface area (Å²) in [5.41, 5.74) is 2.27. The van der Waals surface area contributed by atoms with E-state index in [1.807, 2.05) is 4.90 Å². The highest BCUT2D eigenvalue weighted by Crippen LogP contribution is 2.47. The molecule has 0 spiro atoms. The smallest absolute Gasteiger partial charge is 0.236 e. The van der Waals surface area contributed by atoms with Crippen molar-refractivity contribution in [2.75, 3.05) is 4.90 Å². The lowest BCUT2D eigenvalue weighted by atomic mass is 9.93. The molecule has 25 heavy (non-hydrogen) atoms. The van der Waals surface area contributed by atoms with Gasteiger partial charge in [0.05, 0.1) is 0 Å². The molecule has 1 aromatic heterocycles. The van der Waals surface area contributed by atoms with Crippen LogP contribution in [0.4, 0.5) is 5.69 Å². The minimum Gasteiger partial charge on any atom is -0.425 e. The van der Waals surface area contributed by atoms with Crippen molar-refractivity contribution in [1.82, 2.24) is 10.2 Å². The number of carbonyl (C=O) groups is 1. The molecule has 1 heterocycles. The van der Waals surface area contributed by atoms with Crippen LogP contribution in [0.3, 0.4) is 0 Å². The van der Waals surface area contributed by atoms with Crippen molar-refractivity contribution in [3.05, 3.63) is 41.6 Å². The number of nitrogens with zero attached hydrogens (tertiary/aromatic N) is 3. The molecule has 5 nitrogen and oxygen atoms in total. The zero-order valence-corrected chi connectivity index (χ0v) is 14.9. The molecule has 1 amide bonds. The van der Waals surface area contributed by atoms with Crippen molar-refractivity contribution < 1.29 is 9.21 Å². The summed E-state index contributed by atoms with van der Waals surface area (Å²) in [6.07, 6.45) is 6.09. The maximum atomic E-state index is 13.2. The van der Waals surface area contributed by atoms with Crippen LogP contribution in [0.15, 0.2) is 28.7 Å². The minimum atomic E-state index is 0.0643. The Morgan fingerprint density at radius 3 is 2.80 bits per heavy atom. The second-order valence-corrected chi connectivity index (χ2v) is 7.42. The topological polar surface area (TPSA) is 59.2 Å². The van der Waals surface area contributed by atoms with E-state index in [0.29, 0.717) is 23.7 Å². The maximum Gasteiger partial charge on any atom is 0.236 e. The number of aryl methyl sites for hydroxylation is 2. The fourth-order valence-corrected chi connectivity index (χ4v) is 4.60. The predicted octanol–water partition coefficient (Wildman–Crippen LogP) is 3.70. The van der Waals surface area contributed by atoms with Crippen LogP contribution in [-0.2, 0) is 17.6 Å². The average molecular weight is 339 g/mol. The Balaban J connectivity index is 1.64. The summed E-state index contributed by atoms with van der Waals surface area (Å²) < 4.78 is 5.44. The van der Waals surface area contributed by atoms with Gasteiger partial charge in [0.25, 0.3) is 0 Å². The number of hydrogen-bond donors (Lipinski definition) is 0. The number of fused-ring (bicyclic) bond motifs is 2. The minimum absolute atomic E-state index is 0.0643. The van der Waals surface area contributed by atoms with Crippen LogP contribution in [0.5, 0.6) is 0 Å². The van der Waals surface area contributed by atoms with E-state index in [1.165, 1.54) is 24.8 Å². The first-order chi connectivity index (χ1) is 12.1. The molecule has 2 bridgehead atoms. The maximum absolute atomic E-state index is 13.2. The van der Waals surface area contributed by atoms with E-state index >= 15 is 0 Å². The third-order valence-corrected chi connectivity index (χ3v) is 5.77. The Morgan fingerprint density at radius 1 is 1.28 bits per heavy atom. The van der Waals surface area contributed by atoms with E-state index in [4.69, 9.17) is 4.42 Å². The van der Waals surface area contributed by atoms with Gasteiger partial charge in [0.2, 0.25) is 17.7 Å². The molecule has 3 atom stereocenters. The number of hydrogen-bond acceptors (Lipinski definition) is 4. The fraction of sp³-hybridized carbons (Fsp3) is 0.550. The number of aromatic nitrogens is 2. The van der Waals surface area contributed by atoms with Crippen LogP contribution in [0, 0.1) is 18.8 Å². The van der Waals surface area contributed by atoms with Gasteiger partial charge >= 0.3 is 0 Å². The molecule has 2 aliphatic carbocycles. The predicted molar refractivity (Wildman–Crippen MR) is 95.3 cm³/mol. The van der Waals surface area contributed by atoms with Gasteiger partial charge in [0.15, 0.2) is 0 Å². The highest BCUT2D eigenvalue weighted by Gasteiger charge is 2.44. The molecular formula is C20H25N3O2. The monoisotopic (exact) mass is 339 g/mol. The van der Waals surface area contributed by atoms with Crippen LogP contribution in [0.25, 0.3) is 0 Å². The first kappa shape index (κ1) is 16.3. The highest BCUT2D eigenvalue weighted by molar-refractivity contribution is 5.95. The number of rotatable bonds is 5. The first-order valence-electron chi connectivity index (χ1n) is 9.34. The normalized spacial score (nSPS) is 24.6. The molecule has 0 aliphatic heterocycles. The van der Waals surface area contributed by atoms with Crippen LogP contribution in [0.1, 0.15) is 50.0 Å². The second-order valence-electron chi connectivity index (χ2n) is 7.42. The van der Waals surface area contributed by atoms with Gasteiger partial charge in [0, 0.05) is 18.7 Å². The lowest BCUT2D eigenvalue weighted by molar-refractivity contribution is -0.119. The molecule has 2 fully saturated rings. The molecule has 0 unspecified atom stereocenters. The zero-order valence-electron chi connectivity index (χ0n) is 14.9. The SMILES string of the molecule is CCc1cccc(N(C(=O)Cc2nnc(C)o2)[C@H]2C[C@H]3CC[C@H]2C3)c1. The molecule has 0 radical (unpaired) electrons. The van der Waals surface area contributed by atoms with Gasteiger partial charge in [-0.2, -0.15) is 0 Å². The van der Waals surface area contributed by atoms with E-state index in [-0.39, 0.29) is 12.3 Å². The summed E-state index contributed by atoms with van der Waals surface area (Å²) in [5, 5.41) is 7.85. The molecule has 0 saturated heterocycles. The Labute approximate surface area is 148 Å². The molecule has 132 valence electrons. The summed E-state index contributed by atoms with van der Waals surface area (Å²) in [4.78, 5) is 15.2. The molecule has 2 aromatic rings. The molecule has 2 saturated carbocycles. The molecular weight excluding hydrogens is 314 g/mol. The summed E-state index contributed by atoms with van der Waals surface area (Å²) in [6.45, 7) is 3.89. The van der Waals surface area contributed by atoms with E-state index in [9.17, 15) is 4.79 Å². The van der Waals surface area contributed by atoms with Crippen molar-refractivity contribution in [3.8, 4) is 0 Å². The zero-order chi connectivity index (χ0) is 17.4. The molecule has 1 aromatic carbocycles. The van der Waals surface area contributed by atoms with E-state index < -0.39 is 0 Å². The number of carbonyl (C=O) groups excluding carboxylic acids is 1. The van der Waals surface area contributed by atoms with Gasteiger partial charge in [-0.3, -0.25) is 4.79 Å². The van der Waals surface area contributed by atoms with Crippen molar-refractivity contribution in [3.63, 3.8) is 0 Å². The summed E-state index contributed by atoms with van der Waals surface area (Å²) in [5.74, 6) is 2.38. The molecule has 5 heteroatoms. The highest BCUT2D eigenvalue weighted by atomic mass is 16.4. The standard InChI is InChI=1S/C20H25N3O2/c1-3-14-5-4-6-17(10-14)23(18-11-15-7-8-16(18)9-15)20(24)12-19-22-21-13(2)25-19/h4-6,10,15-16,18H,3,7-9,11-12H2,1-2H3/t15-,16-,18-/m0/s1. The molecule has 2 aliphatic rings. The largest absolute Gasteiger partial charge is 0.425 e. The van der Waals surface area contributed by atoms with Crippen molar-refractivity contribution in [2.24, 2.45) is 11.8 Å². The van der Waals surface area contributed by atoms with Gasteiger partial charge in [0.1, 0.15) is 6.42 Å². The van der Waals surface area contributed by atoms with Crippen molar-refractivity contribution >= 4 is 11.6 Å². The van der Waals surface area contributed by atoms with Gasteiger partial charge < -0.3 is 9.32 Å². The van der Waals surface area contributed by atoms with Crippen LogP contribution in [0.2, 0.25) is 0 Å². The van der Waals surface area contributed by atoms with Crippen LogP contribution >= 0.6 is 0 Å². The molecule has 4 rings (SSSR count). The number of benzene rings is 1. The first-order valence-corrected chi connectivity index (χ1v) is 9.34. The quantitative estimate of drug-likeness (QED) is 0.833. The Morgan fingerprint density at radius 2 is 2.16 bits per heavy atom. The number of amides is 1. The third-order valence-electron chi connectivity index (χ3n) is 5.77. The van der Waals surface area contributed by atoms with E-state index in [0.717, 1.165) is 24.4 Å². The van der Waals surface area contributed by atoms with Gasteiger partial charge in [-0.1, -0.05) is 25.5 Å². The number of anilines is 1. The Kier molecular flexibility index (Phi) is 4.32. The lowest BCUT2D eigenvalue weighted by Crippen LogP contribution is -2.44. The van der Waals surface area contributed by atoms with Gasteiger partial charge in [-0.25, -0.2) is 0 Å². The van der Waals surface area contributed by atoms with Gasteiger partial charge in [-0.05, 0) is 55.2 Å². The van der Waals surface area contributed by atoms with Crippen LogP contribution < -0.4 is 4.90 Å². The summed E-state index contributed by atoms with van der Waals surface area (Å²) in [7, 11) is 0. The Hall–Kier alpha value is -2.17. The van der Waals surface area contributed by atoms with E-state index in [2.05, 4.69) is 41.4 Å². The third kappa shape index (κ3) is 3.20. The second kappa shape index (κ2) is 6.62. The average Bonchev–Trinajstić information content (AvgIpc) is 3.33. The lowest BCUT2D eigenvalue weighted by Gasteiger charge is -2.35. The fourth-order valence-electron chi connectivity index (χ4n) is 4.60.